The van der Waals surface area contributed by atoms with E-state index >= 15 is 0 Å². The molecule has 28 heavy (non-hydrogen) atoms. The highest BCUT2D eigenvalue weighted by Gasteiger charge is 2.14. The summed E-state index contributed by atoms with van der Waals surface area (Å²) < 4.78 is 13.1. The Hall–Kier alpha value is -2.90. The third kappa shape index (κ3) is 4.49. The summed E-state index contributed by atoms with van der Waals surface area (Å²) in [7, 11) is 1.63. The second-order valence-corrected chi connectivity index (χ2v) is 7.18. The Morgan fingerprint density at radius 1 is 1.25 bits per heavy atom. The predicted molar refractivity (Wildman–Crippen MR) is 107 cm³/mol. The molecule has 150 valence electrons. The van der Waals surface area contributed by atoms with Crippen LogP contribution >= 0.6 is 0 Å². The highest BCUT2D eigenvalue weighted by atomic mass is 16.5. The summed E-state index contributed by atoms with van der Waals surface area (Å²) >= 11 is 0. The summed E-state index contributed by atoms with van der Waals surface area (Å²) in [6.45, 7) is 7.10. The predicted octanol–water partition coefficient (Wildman–Crippen LogP) is 2.92. The summed E-state index contributed by atoms with van der Waals surface area (Å²) in [5, 5.41) is 11.3. The second kappa shape index (κ2) is 8.86. The maximum absolute atomic E-state index is 11.7. The van der Waals surface area contributed by atoms with Gasteiger partial charge in [0.1, 0.15) is 11.6 Å². The van der Waals surface area contributed by atoms with Crippen molar-refractivity contribution in [1.82, 2.24) is 24.9 Å². The molecule has 0 atom stereocenters. The standard InChI is InChI=1S/C20H27N5O3/c1-13(2)11-18(26)21-9-5-6-10-28-20-19-24-23-14(3)25(19)17-8-7-15(27-4)12-16(17)22-20/h7-8,12-13H,5-6,9-11H2,1-4H3,(H,21,26). The largest absolute Gasteiger partial charge is 0.497 e. The molecule has 0 aliphatic carbocycles. The molecule has 0 saturated heterocycles. The Balaban J connectivity index is 1.65. The number of aromatic nitrogens is 4. The molecule has 0 bridgehead atoms. The molecule has 0 aliphatic heterocycles. The van der Waals surface area contributed by atoms with Crippen molar-refractivity contribution >= 4 is 22.6 Å². The monoisotopic (exact) mass is 385 g/mol. The quantitative estimate of drug-likeness (QED) is 0.570. The van der Waals surface area contributed by atoms with Crippen molar-refractivity contribution in [2.75, 3.05) is 20.3 Å². The van der Waals surface area contributed by atoms with Gasteiger partial charge in [-0.3, -0.25) is 9.20 Å². The van der Waals surface area contributed by atoms with E-state index in [-0.39, 0.29) is 5.91 Å². The molecule has 0 unspecified atom stereocenters. The van der Waals surface area contributed by atoms with Crippen molar-refractivity contribution < 1.29 is 14.3 Å². The van der Waals surface area contributed by atoms with Crippen molar-refractivity contribution in [3.8, 4) is 11.6 Å². The fourth-order valence-corrected chi connectivity index (χ4v) is 3.02. The topological polar surface area (TPSA) is 90.6 Å². The zero-order valence-electron chi connectivity index (χ0n) is 16.9. The van der Waals surface area contributed by atoms with Gasteiger partial charge < -0.3 is 14.8 Å². The van der Waals surface area contributed by atoms with Crippen LogP contribution in [0, 0.1) is 12.8 Å². The molecule has 0 aliphatic rings. The molecule has 0 spiro atoms. The zero-order chi connectivity index (χ0) is 20.1. The maximum atomic E-state index is 11.7. The fourth-order valence-electron chi connectivity index (χ4n) is 3.02. The molecule has 2 aromatic heterocycles. The highest BCUT2D eigenvalue weighted by molar-refractivity contribution is 5.81. The number of ether oxygens (including phenoxy) is 2. The van der Waals surface area contributed by atoms with Crippen LogP contribution in [0.25, 0.3) is 16.7 Å². The number of amides is 1. The number of hydrogen-bond donors (Lipinski definition) is 1. The third-order valence-corrected chi connectivity index (χ3v) is 4.39. The van der Waals surface area contributed by atoms with Crippen molar-refractivity contribution in [3.63, 3.8) is 0 Å². The van der Waals surface area contributed by atoms with Crippen LogP contribution in [0.15, 0.2) is 18.2 Å². The minimum absolute atomic E-state index is 0.0988. The zero-order valence-corrected chi connectivity index (χ0v) is 16.9. The first-order valence-electron chi connectivity index (χ1n) is 9.58. The number of nitrogens with zero attached hydrogens (tertiary/aromatic N) is 4. The lowest BCUT2D eigenvalue weighted by molar-refractivity contribution is -0.121. The molecule has 8 nitrogen and oxygen atoms in total. The van der Waals surface area contributed by atoms with Gasteiger partial charge in [-0.1, -0.05) is 13.8 Å². The molecule has 3 rings (SSSR count). The number of unbranched alkanes of at least 4 members (excludes halogenated alkanes) is 1. The van der Waals surface area contributed by atoms with Crippen molar-refractivity contribution in [1.29, 1.82) is 0 Å². The first-order valence-corrected chi connectivity index (χ1v) is 9.58. The smallest absolute Gasteiger partial charge is 0.260 e. The summed E-state index contributed by atoms with van der Waals surface area (Å²) in [5.74, 6) is 2.42. The van der Waals surface area contributed by atoms with E-state index in [0.717, 1.165) is 35.4 Å². The Kier molecular flexibility index (Phi) is 6.28. The van der Waals surface area contributed by atoms with Gasteiger partial charge in [0.15, 0.2) is 0 Å². The van der Waals surface area contributed by atoms with Crippen LogP contribution in [0.1, 0.15) is 38.9 Å². The van der Waals surface area contributed by atoms with E-state index in [2.05, 4.69) is 20.5 Å². The number of carbonyl (C=O) groups excluding carboxylic acids is 1. The Morgan fingerprint density at radius 3 is 2.82 bits per heavy atom. The van der Waals surface area contributed by atoms with E-state index in [9.17, 15) is 4.79 Å². The lowest BCUT2D eigenvalue weighted by atomic mass is 10.1. The first-order chi connectivity index (χ1) is 13.5. The third-order valence-electron chi connectivity index (χ3n) is 4.39. The Bertz CT molecular complexity index is 967. The van der Waals surface area contributed by atoms with Crippen LogP contribution in [-0.2, 0) is 4.79 Å². The molecule has 0 saturated carbocycles. The van der Waals surface area contributed by atoms with Gasteiger partial charge in [-0.05, 0) is 37.8 Å². The summed E-state index contributed by atoms with van der Waals surface area (Å²) in [6.07, 6.45) is 2.21. The summed E-state index contributed by atoms with van der Waals surface area (Å²) in [6, 6.07) is 5.69. The molecular formula is C20H27N5O3. The lowest BCUT2D eigenvalue weighted by Crippen LogP contribution is -2.25. The van der Waals surface area contributed by atoms with E-state index in [1.807, 2.05) is 43.4 Å². The highest BCUT2D eigenvalue weighted by Crippen LogP contribution is 2.26. The van der Waals surface area contributed by atoms with Gasteiger partial charge in [0.05, 0.1) is 24.8 Å². The molecule has 1 aromatic carbocycles. The van der Waals surface area contributed by atoms with Gasteiger partial charge >= 0.3 is 0 Å². The van der Waals surface area contributed by atoms with E-state index < -0.39 is 0 Å². The lowest BCUT2D eigenvalue weighted by Gasteiger charge is -2.10. The number of nitrogens with one attached hydrogen (secondary N) is 1. The van der Waals surface area contributed by atoms with Crippen molar-refractivity contribution in [3.05, 3.63) is 24.0 Å². The van der Waals surface area contributed by atoms with E-state index in [0.29, 0.717) is 37.0 Å². The van der Waals surface area contributed by atoms with Gasteiger partial charge in [0.25, 0.3) is 5.88 Å². The molecule has 0 radical (unpaired) electrons. The SMILES string of the molecule is COc1ccc2c(c1)nc(OCCCCNC(=O)CC(C)C)c1nnc(C)n12. The maximum Gasteiger partial charge on any atom is 0.260 e. The van der Waals surface area contributed by atoms with Crippen LogP contribution < -0.4 is 14.8 Å². The number of hydrogen-bond acceptors (Lipinski definition) is 6. The molecule has 2 heterocycles. The number of benzene rings is 1. The Morgan fingerprint density at radius 2 is 2.07 bits per heavy atom. The van der Waals surface area contributed by atoms with Gasteiger partial charge in [-0.25, -0.2) is 4.98 Å². The van der Waals surface area contributed by atoms with Crippen LogP contribution in [0.5, 0.6) is 11.6 Å². The van der Waals surface area contributed by atoms with Crippen LogP contribution in [0.2, 0.25) is 0 Å². The number of fused-ring (bicyclic) bond motifs is 3. The minimum Gasteiger partial charge on any atom is -0.497 e. The minimum atomic E-state index is 0.0988. The van der Waals surface area contributed by atoms with Gasteiger partial charge in [0, 0.05) is 19.0 Å². The van der Waals surface area contributed by atoms with Gasteiger partial charge in [0.2, 0.25) is 11.6 Å². The second-order valence-electron chi connectivity index (χ2n) is 7.18. The van der Waals surface area contributed by atoms with E-state index in [1.54, 1.807) is 7.11 Å². The van der Waals surface area contributed by atoms with E-state index in [1.165, 1.54) is 0 Å². The first kappa shape index (κ1) is 19.9. The molecule has 1 N–H and O–H groups in total. The molecule has 8 heteroatoms. The van der Waals surface area contributed by atoms with Crippen LogP contribution in [0.3, 0.4) is 0 Å². The molecule has 0 fully saturated rings. The number of rotatable bonds is 9. The fraction of sp³-hybridized carbons (Fsp3) is 0.500. The van der Waals surface area contributed by atoms with Gasteiger partial charge in [-0.2, -0.15) is 0 Å². The molecular weight excluding hydrogens is 358 g/mol. The van der Waals surface area contributed by atoms with Crippen molar-refractivity contribution in [2.45, 2.75) is 40.0 Å². The Labute approximate surface area is 164 Å². The number of aryl methyl sites for hydroxylation is 1. The average Bonchev–Trinajstić information content (AvgIpc) is 3.05. The van der Waals surface area contributed by atoms with Gasteiger partial charge in [-0.15, -0.1) is 10.2 Å². The number of methoxy groups -OCH3 is 1. The molecule has 3 aromatic rings. The van der Waals surface area contributed by atoms with Crippen LogP contribution in [-0.4, -0.2) is 45.8 Å². The van der Waals surface area contributed by atoms with E-state index in [4.69, 9.17) is 9.47 Å². The van der Waals surface area contributed by atoms with Crippen molar-refractivity contribution in [2.24, 2.45) is 5.92 Å². The normalized spacial score (nSPS) is 11.3. The summed E-state index contributed by atoms with van der Waals surface area (Å²) in [5.41, 5.74) is 2.25. The molecule has 1 amide bonds. The summed E-state index contributed by atoms with van der Waals surface area (Å²) in [4.78, 5) is 16.3. The average molecular weight is 385 g/mol. The number of carbonyl (C=O) groups is 1. The van der Waals surface area contributed by atoms with Crippen LogP contribution in [0.4, 0.5) is 0 Å².